The van der Waals surface area contributed by atoms with Crippen LogP contribution in [0.3, 0.4) is 0 Å². The summed E-state index contributed by atoms with van der Waals surface area (Å²) in [5.74, 6) is -0.215. The third kappa shape index (κ3) is 3.83. The van der Waals surface area contributed by atoms with Crippen molar-refractivity contribution in [1.82, 2.24) is 20.3 Å². The number of hydrogen-bond donors (Lipinski definition) is 1. The number of carbonyl (C=O) groups is 1. The molecule has 3 rings (SSSR count). The van der Waals surface area contributed by atoms with Crippen LogP contribution < -0.4 is 5.32 Å². The van der Waals surface area contributed by atoms with E-state index in [-0.39, 0.29) is 5.91 Å². The first-order valence-corrected chi connectivity index (χ1v) is 7.49. The standard InChI is InChI=1S/C18H18N4O/c1-14-7-5-6-10-16(14)11-19-18(23)17-13-22(21-20-17)12-15-8-3-2-4-9-15/h2-10,13H,11-12H2,1H3,(H,19,23). The number of aromatic nitrogens is 3. The highest BCUT2D eigenvalue weighted by Gasteiger charge is 2.11. The van der Waals surface area contributed by atoms with Gasteiger partial charge < -0.3 is 5.32 Å². The molecule has 5 heteroatoms. The summed E-state index contributed by atoms with van der Waals surface area (Å²) in [7, 11) is 0. The summed E-state index contributed by atoms with van der Waals surface area (Å²) < 4.78 is 1.66. The molecule has 2 aromatic carbocycles. The van der Waals surface area contributed by atoms with Crippen molar-refractivity contribution in [3.8, 4) is 0 Å². The van der Waals surface area contributed by atoms with Crippen molar-refractivity contribution in [3.63, 3.8) is 0 Å². The number of nitrogens with zero attached hydrogens (tertiary/aromatic N) is 3. The normalized spacial score (nSPS) is 10.5. The molecular weight excluding hydrogens is 288 g/mol. The van der Waals surface area contributed by atoms with Crippen molar-refractivity contribution >= 4 is 5.91 Å². The molecule has 23 heavy (non-hydrogen) atoms. The molecule has 0 spiro atoms. The molecular formula is C18H18N4O. The molecule has 0 fully saturated rings. The highest BCUT2D eigenvalue weighted by molar-refractivity contribution is 5.91. The van der Waals surface area contributed by atoms with Gasteiger partial charge in [0.05, 0.1) is 12.7 Å². The topological polar surface area (TPSA) is 59.8 Å². The molecule has 3 aromatic rings. The predicted octanol–water partition coefficient (Wildman–Crippen LogP) is 2.56. The van der Waals surface area contributed by atoms with E-state index in [1.54, 1.807) is 10.9 Å². The SMILES string of the molecule is Cc1ccccc1CNC(=O)c1cn(Cc2ccccc2)nn1. The fraction of sp³-hybridized carbons (Fsp3) is 0.167. The molecule has 0 aliphatic heterocycles. The summed E-state index contributed by atoms with van der Waals surface area (Å²) >= 11 is 0. The Morgan fingerprint density at radius 2 is 1.83 bits per heavy atom. The van der Waals surface area contributed by atoms with E-state index in [0.717, 1.165) is 16.7 Å². The maximum Gasteiger partial charge on any atom is 0.273 e. The molecule has 0 saturated heterocycles. The van der Waals surface area contributed by atoms with E-state index < -0.39 is 0 Å². The van der Waals surface area contributed by atoms with Crippen LogP contribution in [0.25, 0.3) is 0 Å². The quantitative estimate of drug-likeness (QED) is 0.788. The largest absolute Gasteiger partial charge is 0.347 e. The third-order valence-electron chi connectivity index (χ3n) is 3.66. The Bertz CT molecular complexity index is 796. The number of nitrogens with one attached hydrogen (secondary N) is 1. The van der Waals surface area contributed by atoms with Crippen molar-refractivity contribution < 1.29 is 4.79 Å². The van der Waals surface area contributed by atoms with Crippen molar-refractivity contribution in [1.29, 1.82) is 0 Å². The van der Waals surface area contributed by atoms with Crippen molar-refractivity contribution in [2.75, 3.05) is 0 Å². The highest BCUT2D eigenvalue weighted by atomic mass is 16.2. The molecule has 1 N–H and O–H groups in total. The second-order valence-electron chi connectivity index (χ2n) is 5.40. The van der Waals surface area contributed by atoms with Gasteiger partial charge in [-0.05, 0) is 23.6 Å². The van der Waals surface area contributed by atoms with Crippen molar-refractivity contribution in [3.05, 3.63) is 83.2 Å². The Kier molecular flexibility index (Phi) is 4.47. The van der Waals surface area contributed by atoms with Gasteiger partial charge in [-0.3, -0.25) is 4.79 Å². The summed E-state index contributed by atoms with van der Waals surface area (Å²) in [5.41, 5.74) is 3.69. The number of rotatable bonds is 5. The lowest BCUT2D eigenvalue weighted by Gasteiger charge is -2.06. The molecule has 1 aromatic heterocycles. The molecule has 1 amide bonds. The number of benzene rings is 2. The number of amides is 1. The molecule has 0 radical (unpaired) electrons. The maximum atomic E-state index is 12.2. The van der Waals surface area contributed by atoms with Gasteiger partial charge in [0.2, 0.25) is 0 Å². The van der Waals surface area contributed by atoms with Gasteiger partial charge >= 0.3 is 0 Å². The van der Waals surface area contributed by atoms with Crippen LogP contribution in [0.4, 0.5) is 0 Å². The minimum Gasteiger partial charge on any atom is -0.347 e. The molecule has 5 nitrogen and oxygen atoms in total. The molecule has 0 aliphatic carbocycles. The van der Waals surface area contributed by atoms with E-state index >= 15 is 0 Å². The fourth-order valence-corrected chi connectivity index (χ4v) is 2.32. The van der Waals surface area contributed by atoms with Crippen LogP contribution in [0.5, 0.6) is 0 Å². The molecule has 0 unspecified atom stereocenters. The summed E-state index contributed by atoms with van der Waals surface area (Å²) in [4.78, 5) is 12.2. The van der Waals surface area contributed by atoms with Gasteiger partial charge in [0.1, 0.15) is 0 Å². The summed E-state index contributed by atoms with van der Waals surface area (Å²) in [6.45, 7) is 3.10. The first kappa shape index (κ1) is 15.0. The Balaban J connectivity index is 1.61. The van der Waals surface area contributed by atoms with E-state index in [2.05, 4.69) is 15.6 Å². The Labute approximate surface area is 135 Å². The number of carbonyl (C=O) groups excluding carboxylic acids is 1. The van der Waals surface area contributed by atoms with Crippen LogP contribution >= 0.6 is 0 Å². The van der Waals surface area contributed by atoms with Gasteiger partial charge in [0.15, 0.2) is 5.69 Å². The predicted molar refractivity (Wildman–Crippen MR) is 87.9 cm³/mol. The maximum absolute atomic E-state index is 12.2. The fourth-order valence-electron chi connectivity index (χ4n) is 2.32. The zero-order valence-electron chi connectivity index (χ0n) is 12.9. The van der Waals surface area contributed by atoms with Crippen molar-refractivity contribution in [2.24, 2.45) is 0 Å². The number of aryl methyl sites for hydroxylation is 1. The van der Waals surface area contributed by atoms with Crippen LogP contribution in [-0.4, -0.2) is 20.9 Å². The zero-order chi connectivity index (χ0) is 16.1. The lowest BCUT2D eigenvalue weighted by atomic mass is 10.1. The van der Waals surface area contributed by atoms with Crippen LogP contribution in [-0.2, 0) is 13.1 Å². The van der Waals surface area contributed by atoms with E-state index in [9.17, 15) is 4.79 Å². The third-order valence-corrected chi connectivity index (χ3v) is 3.66. The average molecular weight is 306 g/mol. The molecule has 0 aliphatic rings. The lowest BCUT2D eigenvalue weighted by molar-refractivity contribution is 0.0946. The summed E-state index contributed by atoms with van der Waals surface area (Å²) in [5, 5.41) is 10.8. The molecule has 116 valence electrons. The average Bonchev–Trinajstić information content (AvgIpc) is 3.03. The van der Waals surface area contributed by atoms with Crippen LogP contribution in [0.1, 0.15) is 27.2 Å². The highest BCUT2D eigenvalue weighted by Crippen LogP contribution is 2.07. The minimum absolute atomic E-state index is 0.215. The monoisotopic (exact) mass is 306 g/mol. The van der Waals surface area contributed by atoms with Crippen molar-refractivity contribution in [2.45, 2.75) is 20.0 Å². The van der Waals surface area contributed by atoms with Gasteiger partial charge in [0.25, 0.3) is 5.91 Å². The first-order valence-electron chi connectivity index (χ1n) is 7.49. The van der Waals surface area contributed by atoms with Gasteiger partial charge in [-0.2, -0.15) is 0 Å². The van der Waals surface area contributed by atoms with Crippen LogP contribution in [0, 0.1) is 6.92 Å². The lowest BCUT2D eigenvalue weighted by Crippen LogP contribution is -2.23. The van der Waals surface area contributed by atoms with Gasteiger partial charge in [-0.15, -0.1) is 5.10 Å². The molecule has 0 atom stereocenters. The van der Waals surface area contributed by atoms with E-state index in [4.69, 9.17) is 0 Å². The minimum atomic E-state index is -0.215. The molecule has 1 heterocycles. The second-order valence-corrected chi connectivity index (χ2v) is 5.40. The number of hydrogen-bond acceptors (Lipinski definition) is 3. The second kappa shape index (κ2) is 6.87. The Hall–Kier alpha value is -2.95. The van der Waals surface area contributed by atoms with Crippen LogP contribution in [0.2, 0.25) is 0 Å². The smallest absolute Gasteiger partial charge is 0.273 e. The van der Waals surface area contributed by atoms with E-state index in [1.165, 1.54) is 0 Å². The van der Waals surface area contributed by atoms with Gasteiger partial charge in [-0.25, -0.2) is 4.68 Å². The van der Waals surface area contributed by atoms with Gasteiger partial charge in [0, 0.05) is 6.54 Å². The molecule has 0 bridgehead atoms. The van der Waals surface area contributed by atoms with Crippen LogP contribution in [0.15, 0.2) is 60.8 Å². The van der Waals surface area contributed by atoms with Gasteiger partial charge in [-0.1, -0.05) is 59.8 Å². The zero-order valence-corrected chi connectivity index (χ0v) is 12.9. The summed E-state index contributed by atoms with van der Waals surface area (Å²) in [6, 6.07) is 17.9. The first-order chi connectivity index (χ1) is 11.2. The summed E-state index contributed by atoms with van der Waals surface area (Å²) in [6.07, 6.45) is 1.67. The van der Waals surface area contributed by atoms with E-state index in [0.29, 0.717) is 18.8 Å². The Morgan fingerprint density at radius 1 is 1.09 bits per heavy atom. The molecule has 0 saturated carbocycles. The van der Waals surface area contributed by atoms with E-state index in [1.807, 2.05) is 61.5 Å². The Morgan fingerprint density at radius 3 is 2.61 bits per heavy atom.